The first-order valence-electron chi connectivity index (χ1n) is 7.77. The van der Waals surface area contributed by atoms with Gasteiger partial charge in [-0.3, -0.25) is 0 Å². The fourth-order valence-corrected chi connectivity index (χ4v) is 4.64. The highest BCUT2D eigenvalue weighted by Crippen LogP contribution is 2.33. The van der Waals surface area contributed by atoms with Gasteiger partial charge in [0.2, 0.25) is 0 Å². The van der Waals surface area contributed by atoms with E-state index in [9.17, 15) is 16.8 Å². The van der Waals surface area contributed by atoms with Crippen LogP contribution in [0, 0.1) is 0 Å². The first kappa shape index (κ1) is 19.4. The molecule has 0 N–H and O–H groups in total. The molecule has 0 spiro atoms. The van der Waals surface area contributed by atoms with E-state index < -0.39 is 24.9 Å². The lowest BCUT2D eigenvalue weighted by Crippen LogP contribution is -2.12. The van der Waals surface area contributed by atoms with Gasteiger partial charge in [0.25, 0.3) is 0 Å². The summed E-state index contributed by atoms with van der Waals surface area (Å²) in [5, 5.41) is -0.125. The molecule has 0 unspecified atom stereocenters. The first-order chi connectivity index (χ1) is 12.7. The van der Waals surface area contributed by atoms with Crippen LogP contribution in [0.4, 0.5) is 0 Å². The monoisotopic (exact) mass is 422 g/mol. The van der Waals surface area contributed by atoms with Crippen molar-refractivity contribution >= 4 is 31.6 Å². The molecule has 5 nitrogen and oxygen atoms in total. The van der Waals surface area contributed by atoms with Crippen LogP contribution in [0.5, 0.6) is 5.75 Å². The number of para-hydroxylation sites is 1. The van der Waals surface area contributed by atoms with Gasteiger partial charge in [-0.05, 0) is 29.8 Å². The van der Waals surface area contributed by atoms with Crippen LogP contribution < -0.4 is 4.18 Å². The standard InChI is InChI=1S/C19H15ClO5S2/c1-26(21,22)15-11-12-17(20)19(13-15)27(23,24)25-18-10-6-5-9-16(18)14-7-3-2-4-8-14/h2-13H,1H3. The van der Waals surface area contributed by atoms with Crippen LogP contribution in [-0.2, 0) is 20.0 Å². The van der Waals surface area contributed by atoms with Gasteiger partial charge in [0, 0.05) is 11.8 Å². The molecule has 0 saturated heterocycles. The highest BCUT2D eigenvalue weighted by molar-refractivity contribution is 7.90. The van der Waals surface area contributed by atoms with Crippen LogP contribution in [0.15, 0.2) is 82.6 Å². The summed E-state index contributed by atoms with van der Waals surface area (Å²) in [4.78, 5) is -0.569. The molecule has 8 heteroatoms. The molecule has 0 aromatic heterocycles. The zero-order chi connectivity index (χ0) is 19.7. The van der Waals surface area contributed by atoms with Gasteiger partial charge in [-0.2, -0.15) is 8.42 Å². The van der Waals surface area contributed by atoms with E-state index in [-0.39, 0.29) is 15.7 Å². The molecule has 0 atom stereocenters. The van der Waals surface area contributed by atoms with Crippen LogP contribution in [0.3, 0.4) is 0 Å². The Morgan fingerprint density at radius 1 is 0.815 bits per heavy atom. The van der Waals surface area contributed by atoms with Crippen molar-refractivity contribution in [3.63, 3.8) is 0 Å². The SMILES string of the molecule is CS(=O)(=O)c1ccc(Cl)c(S(=O)(=O)Oc2ccccc2-c2ccccc2)c1. The molecule has 0 fully saturated rings. The van der Waals surface area contributed by atoms with E-state index in [1.165, 1.54) is 18.2 Å². The maximum Gasteiger partial charge on any atom is 0.340 e. The van der Waals surface area contributed by atoms with Gasteiger partial charge in [0.05, 0.1) is 9.92 Å². The van der Waals surface area contributed by atoms with E-state index in [4.69, 9.17) is 15.8 Å². The van der Waals surface area contributed by atoms with Gasteiger partial charge >= 0.3 is 10.1 Å². The van der Waals surface area contributed by atoms with Crippen molar-refractivity contribution in [2.24, 2.45) is 0 Å². The summed E-state index contributed by atoms with van der Waals surface area (Å²) in [7, 11) is -7.96. The van der Waals surface area contributed by atoms with Gasteiger partial charge in [0.15, 0.2) is 15.6 Å². The maximum absolute atomic E-state index is 12.8. The Kier molecular flexibility index (Phi) is 5.28. The zero-order valence-corrected chi connectivity index (χ0v) is 16.6. The van der Waals surface area contributed by atoms with Crippen molar-refractivity contribution in [3.05, 3.63) is 77.8 Å². The number of rotatable bonds is 5. The average Bonchev–Trinajstić information content (AvgIpc) is 2.62. The van der Waals surface area contributed by atoms with E-state index in [2.05, 4.69) is 0 Å². The second-order valence-corrected chi connectivity index (χ2v) is 9.70. The second-order valence-electron chi connectivity index (χ2n) is 5.76. The number of sulfone groups is 1. The van der Waals surface area contributed by atoms with Gasteiger partial charge in [-0.1, -0.05) is 60.1 Å². The highest BCUT2D eigenvalue weighted by Gasteiger charge is 2.24. The predicted octanol–water partition coefficient (Wildman–Crippen LogP) is 4.18. The molecule has 0 heterocycles. The summed E-state index contributed by atoms with van der Waals surface area (Å²) >= 11 is 6.00. The first-order valence-corrected chi connectivity index (χ1v) is 11.4. The van der Waals surface area contributed by atoms with Gasteiger partial charge in [0.1, 0.15) is 4.90 Å². The molecule has 0 bridgehead atoms. The number of halogens is 1. The molecule has 3 aromatic rings. The minimum absolute atomic E-state index is 0.115. The third-order valence-corrected chi connectivity index (χ3v) is 6.60. The molecule has 0 saturated carbocycles. The van der Waals surface area contributed by atoms with Crippen molar-refractivity contribution in [2.75, 3.05) is 6.26 Å². The highest BCUT2D eigenvalue weighted by atomic mass is 35.5. The van der Waals surface area contributed by atoms with E-state index in [0.717, 1.165) is 17.9 Å². The average molecular weight is 423 g/mol. The molecule has 3 rings (SSSR count). The summed E-state index contributed by atoms with van der Waals surface area (Å²) in [6.07, 6.45) is 0.984. The largest absolute Gasteiger partial charge is 0.378 e. The maximum atomic E-state index is 12.8. The summed E-state index contributed by atoms with van der Waals surface area (Å²) in [5.41, 5.74) is 1.36. The van der Waals surface area contributed by atoms with Gasteiger partial charge < -0.3 is 4.18 Å². The Morgan fingerprint density at radius 2 is 1.44 bits per heavy atom. The lowest BCUT2D eigenvalue weighted by atomic mass is 10.1. The van der Waals surface area contributed by atoms with Crippen LogP contribution in [0.1, 0.15) is 0 Å². The fraction of sp³-hybridized carbons (Fsp3) is 0.0526. The lowest BCUT2D eigenvalue weighted by Gasteiger charge is -2.13. The third-order valence-electron chi connectivity index (χ3n) is 3.77. The van der Waals surface area contributed by atoms with Gasteiger partial charge in [-0.15, -0.1) is 0 Å². The molecule has 0 aliphatic carbocycles. The van der Waals surface area contributed by atoms with Crippen LogP contribution in [-0.4, -0.2) is 23.1 Å². The molecule has 0 amide bonds. The molecule has 0 aliphatic heterocycles. The molecule has 0 radical (unpaired) electrons. The number of benzene rings is 3. The lowest BCUT2D eigenvalue weighted by molar-refractivity contribution is 0.487. The van der Waals surface area contributed by atoms with Crippen LogP contribution >= 0.6 is 11.6 Å². The van der Waals surface area contributed by atoms with Crippen LogP contribution in [0.25, 0.3) is 11.1 Å². The summed E-state index contributed by atoms with van der Waals surface area (Å²) in [6, 6.07) is 19.3. The third kappa shape index (κ3) is 4.32. The fourth-order valence-electron chi connectivity index (χ4n) is 2.46. The molecular weight excluding hydrogens is 408 g/mol. The Balaban J connectivity index is 2.07. The van der Waals surface area contributed by atoms with Crippen LogP contribution in [0.2, 0.25) is 5.02 Å². The van der Waals surface area contributed by atoms with E-state index in [0.29, 0.717) is 5.56 Å². The normalized spacial score (nSPS) is 11.9. The summed E-state index contributed by atoms with van der Waals surface area (Å²) < 4.78 is 54.4. The Labute approximate surface area is 163 Å². The minimum Gasteiger partial charge on any atom is -0.378 e. The zero-order valence-electron chi connectivity index (χ0n) is 14.2. The predicted molar refractivity (Wildman–Crippen MR) is 104 cm³/mol. The number of hydrogen-bond acceptors (Lipinski definition) is 5. The summed E-state index contributed by atoms with van der Waals surface area (Å²) in [6.45, 7) is 0. The summed E-state index contributed by atoms with van der Waals surface area (Å²) in [5.74, 6) is 0.115. The number of hydrogen-bond donors (Lipinski definition) is 0. The smallest absolute Gasteiger partial charge is 0.340 e. The van der Waals surface area contributed by atoms with Crippen molar-refractivity contribution in [1.82, 2.24) is 0 Å². The molecule has 3 aromatic carbocycles. The quantitative estimate of drug-likeness (QED) is 0.576. The molecule has 0 aliphatic rings. The van der Waals surface area contributed by atoms with Crippen molar-refractivity contribution in [1.29, 1.82) is 0 Å². The van der Waals surface area contributed by atoms with Crippen molar-refractivity contribution in [3.8, 4) is 16.9 Å². The molecule has 140 valence electrons. The van der Waals surface area contributed by atoms with E-state index >= 15 is 0 Å². The second kappa shape index (κ2) is 7.34. The van der Waals surface area contributed by atoms with Gasteiger partial charge in [-0.25, -0.2) is 8.42 Å². The van der Waals surface area contributed by atoms with E-state index in [1.807, 2.05) is 30.3 Å². The topological polar surface area (TPSA) is 77.5 Å². The van der Waals surface area contributed by atoms with Crippen molar-refractivity contribution in [2.45, 2.75) is 9.79 Å². The minimum atomic E-state index is -4.35. The Bertz CT molecular complexity index is 1190. The Morgan fingerprint density at radius 3 is 2.11 bits per heavy atom. The van der Waals surface area contributed by atoms with E-state index in [1.54, 1.807) is 18.2 Å². The molecular formula is C19H15ClO5S2. The van der Waals surface area contributed by atoms with Crippen molar-refractivity contribution < 1.29 is 21.0 Å². The molecule has 27 heavy (non-hydrogen) atoms. The Hall–Kier alpha value is -2.35.